The third-order valence-corrected chi connectivity index (χ3v) is 0.491. The highest BCUT2D eigenvalue weighted by atomic mass is 17.2. The van der Waals surface area contributed by atoms with Crippen molar-refractivity contribution in [3.8, 4) is 0 Å². The molecule has 58 valence electrons. The Morgan fingerprint density at radius 2 is 1.90 bits per heavy atom. The van der Waals surface area contributed by atoms with Gasteiger partial charge in [0.05, 0.1) is 6.10 Å². The first-order chi connectivity index (χ1) is 4.54. The predicted octanol–water partition coefficient (Wildman–Crippen LogP) is -0.0458. The number of aliphatic carboxylic acids is 1. The summed E-state index contributed by atoms with van der Waals surface area (Å²) in [6.45, 7) is 3.21. The Morgan fingerprint density at radius 3 is 2.20 bits per heavy atom. The molecule has 1 N–H and O–H groups in total. The lowest BCUT2D eigenvalue weighted by Gasteiger charge is -2.02. The zero-order valence-corrected chi connectivity index (χ0v) is 5.66. The van der Waals surface area contributed by atoms with Gasteiger partial charge < -0.3 is 5.11 Å². The van der Waals surface area contributed by atoms with E-state index in [4.69, 9.17) is 5.11 Å². The van der Waals surface area contributed by atoms with E-state index in [1.807, 2.05) is 0 Å². The highest BCUT2D eigenvalue weighted by molar-refractivity contribution is 6.28. The maximum absolute atomic E-state index is 10.1. The van der Waals surface area contributed by atoms with Crippen molar-refractivity contribution >= 4 is 11.9 Å². The van der Waals surface area contributed by atoms with Crippen LogP contribution in [0.15, 0.2) is 0 Å². The van der Waals surface area contributed by atoms with Gasteiger partial charge in [-0.25, -0.2) is 9.59 Å². The van der Waals surface area contributed by atoms with Crippen LogP contribution in [-0.4, -0.2) is 23.1 Å². The van der Waals surface area contributed by atoms with Gasteiger partial charge in [0.1, 0.15) is 0 Å². The second-order valence-electron chi connectivity index (χ2n) is 1.82. The van der Waals surface area contributed by atoms with Gasteiger partial charge in [0.15, 0.2) is 0 Å². The molecular formula is C5H8O5. The van der Waals surface area contributed by atoms with E-state index in [1.54, 1.807) is 13.8 Å². The minimum Gasteiger partial charge on any atom is -0.473 e. The Labute approximate surface area is 57.5 Å². The molecule has 0 saturated carbocycles. The van der Waals surface area contributed by atoms with Gasteiger partial charge in [-0.15, -0.1) is 0 Å². The maximum Gasteiger partial charge on any atom is 0.449 e. The SMILES string of the molecule is CC(C)OOC(=O)C(=O)O. The second-order valence-corrected chi connectivity index (χ2v) is 1.82. The Bertz CT molecular complexity index is 139. The zero-order valence-electron chi connectivity index (χ0n) is 5.66. The fraction of sp³-hybridized carbons (Fsp3) is 0.600. The zero-order chi connectivity index (χ0) is 8.15. The molecule has 0 aliphatic rings. The minimum absolute atomic E-state index is 0.330. The molecule has 0 saturated heterocycles. The van der Waals surface area contributed by atoms with Crippen LogP contribution in [0.3, 0.4) is 0 Å². The van der Waals surface area contributed by atoms with Crippen LogP contribution in [-0.2, 0) is 19.4 Å². The topological polar surface area (TPSA) is 72.8 Å². The van der Waals surface area contributed by atoms with Crippen LogP contribution in [0.4, 0.5) is 0 Å². The molecule has 0 aromatic carbocycles. The quantitative estimate of drug-likeness (QED) is 0.337. The van der Waals surface area contributed by atoms with Crippen LogP contribution < -0.4 is 0 Å². The van der Waals surface area contributed by atoms with Crippen molar-refractivity contribution in [2.24, 2.45) is 0 Å². The van der Waals surface area contributed by atoms with E-state index < -0.39 is 11.9 Å². The Hall–Kier alpha value is -1.10. The smallest absolute Gasteiger partial charge is 0.449 e. The normalized spacial score (nSPS) is 9.50. The summed E-state index contributed by atoms with van der Waals surface area (Å²) < 4.78 is 0. The van der Waals surface area contributed by atoms with E-state index in [-0.39, 0.29) is 6.10 Å². The lowest BCUT2D eigenvalue weighted by atomic mass is 10.5. The third-order valence-electron chi connectivity index (χ3n) is 0.491. The monoisotopic (exact) mass is 148 g/mol. The number of rotatable bonds is 2. The van der Waals surface area contributed by atoms with Crippen LogP contribution in [0.5, 0.6) is 0 Å². The second kappa shape index (κ2) is 3.84. The van der Waals surface area contributed by atoms with Crippen LogP contribution in [0.25, 0.3) is 0 Å². The summed E-state index contributed by atoms with van der Waals surface area (Å²) in [7, 11) is 0. The molecule has 0 aromatic heterocycles. The van der Waals surface area contributed by atoms with E-state index in [2.05, 4.69) is 9.78 Å². The highest BCUT2D eigenvalue weighted by Gasteiger charge is 2.14. The van der Waals surface area contributed by atoms with Crippen molar-refractivity contribution in [1.29, 1.82) is 0 Å². The van der Waals surface area contributed by atoms with Gasteiger partial charge in [0.2, 0.25) is 0 Å². The number of carbonyl (C=O) groups is 2. The highest BCUT2D eigenvalue weighted by Crippen LogP contribution is 1.89. The molecule has 0 radical (unpaired) electrons. The van der Waals surface area contributed by atoms with E-state index in [0.717, 1.165) is 0 Å². The summed E-state index contributed by atoms with van der Waals surface area (Å²) in [6.07, 6.45) is -0.330. The molecule has 0 atom stereocenters. The van der Waals surface area contributed by atoms with E-state index >= 15 is 0 Å². The van der Waals surface area contributed by atoms with Crippen molar-refractivity contribution in [1.82, 2.24) is 0 Å². The van der Waals surface area contributed by atoms with Crippen molar-refractivity contribution in [2.75, 3.05) is 0 Å². The number of hydrogen-bond donors (Lipinski definition) is 1. The molecule has 0 bridgehead atoms. The lowest BCUT2D eigenvalue weighted by molar-refractivity contribution is -0.290. The van der Waals surface area contributed by atoms with Gasteiger partial charge >= 0.3 is 11.9 Å². The van der Waals surface area contributed by atoms with Crippen LogP contribution in [0, 0.1) is 0 Å². The molecule has 0 fully saturated rings. The standard InChI is InChI=1S/C5H8O5/c1-3(2)9-10-5(8)4(6)7/h3H,1-2H3,(H,6,7). The fourth-order valence-corrected chi connectivity index (χ4v) is 0.176. The van der Waals surface area contributed by atoms with E-state index in [9.17, 15) is 9.59 Å². The summed E-state index contributed by atoms with van der Waals surface area (Å²) >= 11 is 0. The first-order valence-electron chi connectivity index (χ1n) is 2.64. The molecule has 0 spiro atoms. The molecule has 0 rings (SSSR count). The number of carboxylic acid groups (broad SMARTS) is 1. The van der Waals surface area contributed by atoms with Gasteiger partial charge in [-0.2, -0.15) is 4.89 Å². The van der Waals surface area contributed by atoms with Gasteiger partial charge in [-0.3, -0.25) is 4.89 Å². The van der Waals surface area contributed by atoms with Gasteiger partial charge in [0, 0.05) is 0 Å². The molecule has 0 aliphatic carbocycles. The first-order valence-corrected chi connectivity index (χ1v) is 2.64. The number of hydrogen-bond acceptors (Lipinski definition) is 4. The Kier molecular flexibility index (Phi) is 3.42. The van der Waals surface area contributed by atoms with E-state index in [1.165, 1.54) is 0 Å². The predicted molar refractivity (Wildman–Crippen MR) is 29.9 cm³/mol. The van der Waals surface area contributed by atoms with Crippen molar-refractivity contribution in [3.63, 3.8) is 0 Å². The number of carbonyl (C=O) groups excluding carboxylic acids is 1. The summed E-state index contributed by atoms with van der Waals surface area (Å²) in [5.74, 6) is -3.07. The van der Waals surface area contributed by atoms with Crippen molar-refractivity contribution in [2.45, 2.75) is 20.0 Å². The summed E-state index contributed by atoms with van der Waals surface area (Å²) in [6, 6.07) is 0. The largest absolute Gasteiger partial charge is 0.473 e. The molecular weight excluding hydrogens is 140 g/mol. The van der Waals surface area contributed by atoms with Crippen molar-refractivity contribution in [3.05, 3.63) is 0 Å². The Balaban J connectivity index is 3.50. The molecule has 10 heavy (non-hydrogen) atoms. The van der Waals surface area contributed by atoms with E-state index in [0.29, 0.717) is 0 Å². The molecule has 0 aliphatic heterocycles. The molecule has 0 heterocycles. The van der Waals surface area contributed by atoms with Crippen LogP contribution in [0.1, 0.15) is 13.8 Å². The molecule has 0 unspecified atom stereocenters. The Morgan fingerprint density at radius 1 is 1.40 bits per heavy atom. The summed E-state index contributed by atoms with van der Waals surface area (Å²) in [4.78, 5) is 27.9. The molecule has 0 aromatic rings. The number of carboxylic acids is 1. The summed E-state index contributed by atoms with van der Waals surface area (Å²) in [5.41, 5.74) is 0. The maximum atomic E-state index is 10.1. The average Bonchev–Trinajstić information content (AvgIpc) is 1.82. The minimum atomic E-state index is -1.67. The van der Waals surface area contributed by atoms with Gasteiger partial charge in [-0.1, -0.05) is 0 Å². The first kappa shape index (κ1) is 8.90. The van der Waals surface area contributed by atoms with Crippen LogP contribution in [0.2, 0.25) is 0 Å². The average molecular weight is 148 g/mol. The van der Waals surface area contributed by atoms with Gasteiger partial charge in [0.25, 0.3) is 0 Å². The third kappa shape index (κ3) is 3.85. The fourth-order valence-electron chi connectivity index (χ4n) is 0.176. The van der Waals surface area contributed by atoms with Crippen LogP contribution >= 0.6 is 0 Å². The summed E-state index contributed by atoms with van der Waals surface area (Å²) in [5, 5.41) is 7.94. The molecule has 5 heteroatoms. The molecule has 0 amide bonds. The van der Waals surface area contributed by atoms with Gasteiger partial charge in [-0.05, 0) is 13.8 Å². The van der Waals surface area contributed by atoms with Crippen molar-refractivity contribution < 1.29 is 24.5 Å². The molecule has 5 nitrogen and oxygen atoms in total. The lowest BCUT2D eigenvalue weighted by Crippen LogP contribution is -2.18.